The number of nitroso groups, excluding NO2 is 1. The van der Waals surface area contributed by atoms with Crippen LogP contribution in [0.3, 0.4) is 0 Å². The molecule has 0 aliphatic carbocycles. The molecule has 2 aromatic carbocycles. The molecule has 0 bridgehead atoms. The third-order valence-electron chi connectivity index (χ3n) is 5.84. The van der Waals surface area contributed by atoms with E-state index in [1.165, 1.54) is 33.6 Å². The van der Waals surface area contributed by atoms with E-state index in [0.717, 1.165) is 25.9 Å². The van der Waals surface area contributed by atoms with Crippen LogP contribution >= 0.6 is 0 Å². The number of nitrogens with zero attached hydrogens (tertiary/aromatic N) is 1. The summed E-state index contributed by atoms with van der Waals surface area (Å²) in [6, 6.07) is 13.3. The van der Waals surface area contributed by atoms with Crippen LogP contribution in [0, 0.1) is 18.8 Å². The van der Waals surface area contributed by atoms with Gasteiger partial charge in [-0.25, -0.2) is 0 Å². The van der Waals surface area contributed by atoms with Crippen LogP contribution in [0.25, 0.3) is 5.59 Å². The third kappa shape index (κ3) is 16.4. The molecule has 0 aliphatic heterocycles. The quantitative estimate of drug-likeness (QED) is 0.145. The Hall–Kier alpha value is -1.91. The molecule has 2 aromatic rings. The zero-order chi connectivity index (χ0) is 30.4. The van der Waals surface area contributed by atoms with Gasteiger partial charge in [0.15, 0.2) is 0 Å². The van der Waals surface area contributed by atoms with E-state index in [4.69, 9.17) is 15.2 Å². The number of hydrogen-bond donors (Lipinski definition) is 2. The maximum absolute atomic E-state index is 7.25. The molecule has 0 saturated carbocycles. The summed E-state index contributed by atoms with van der Waals surface area (Å²) in [7, 11) is 0. The summed E-state index contributed by atoms with van der Waals surface area (Å²) in [6.07, 6.45) is 2.00. The van der Waals surface area contributed by atoms with Crippen LogP contribution < -0.4 is 10.6 Å². The van der Waals surface area contributed by atoms with Crippen molar-refractivity contribution in [1.29, 1.82) is 0 Å². The minimum absolute atomic E-state index is 0. The Morgan fingerprint density at radius 1 is 0.625 bits per heavy atom. The first-order valence-corrected chi connectivity index (χ1v) is 14.6. The molecule has 2 N–H and O–H groups in total. The van der Waals surface area contributed by atoms with Crippen LogP contribution in [-0.2, 0) is 21.2 Å². The molecule has 5 nitrogen and oxygen atoms in total. The number of hydrogen-bond acceptors (Lipinski definition) is 4. The van der Waals surface area contributed by atoms with E-state index < -0.39 is 0 Å². The van der Waals surface area contributed by atoms with Gasteiger partial charge in [-0.15, -0.1) is 0 Å². The number of ether oxygens (including phenoxy) is 1. The largest absolute Gasteiger partial charge is 3.00 e. The van der Waals surface area contributed by atoms with Crippen molar-refractivity contribution in [3.63, 3.8) is 0 Å². The van der Waals surface area contributed by atoms with Gasteiger partial charge >= 0.3 is 16.5 Å². The fourth-order valence-corrected chi connectivity index (χ4v) is 4.11. The maximum atomic E-state index is 7.25. The fourth-order valence-electron chi connectivity index (χ4n) is 4.11. The number of benzene rings is 2. The zero-order valence-electron chi connectivity index (χ0n) is 27.0. The smallest absolute Gasteiger partial charge is 0.577 e. The molecule has 0 amide bonds. The predicted molar refractivity (Wildman–Crippen MR) is 175 cm³/mol. The van der Waals surface area contributed by atoms with Gasteiger partial charge in [0.1, 0.15) is 0 Å². The van der Waals surface area contributed by atoms with Crippen LogP contribution in [-0.4, -0.2) is 26.3 Å². The molecule has 2 rings (SSSR count). The van der Waals surface area contributed by atoms with E-state index in [-0.39, 0.29) is 16.5 Å². The summed E-state index contributed by atoms with van der Waals surface area (Å²) in [5.74, 6) is 2.01. The molecule has 0 heterocycles. The third-order valence-corrected chi connectivity index (χ3v) is 5.84. The number of rotatable bonds is 12. The van der Waals surface area contributed by atoms with Crippen molar-refractivity contribution in [1.82, 2.24) is 0 Å². The number of nitrogens with one attached hydrogen (secondary N) is 2. The normalized spacial score (nSPS) is 10.1. The molecule has 0 aromatic heterocycles. The average Bonchev–Trinajstić information content (AvgIpc) is 2.89. The Bertz CT molecular complexity index is 748. The molecule has 0 unspecified atom stereocenters. The second-order valence-electron chi connectivity index (χ2n) is 10.7. The van der Waals surface area contributed by atoms with Crippen molar-refractivity contribution in [2.75, 3.05) is 36.9 Å². The standard InChI is InChI=1S/C28H44N2O.2C3H7.NO.Ni/c1-19(2)23-11-9-12-24(20(3)4)27(23)29-15-17-31-18-16-30-28-25(21(5)6)13-10-14-26(28)22(7)8;2*1-3-2;1-2;/h9-14,19-22,29-30H,15-18H2,1-8H3;2*1,3H2,2H3;;/q;3*-1;+3. The molecule has 0 spiro atoms. The number of anilines is 2. The van der Waals surface area contributed by atoms with Gasteiger partial charge in [0.25, 0.3) is 0 Å². The molecule has 0 aliphatic rings. The molecule has 0 fully saturated rings. The maximum Gasteiger partial charge on any atom is 3.00 e. The van der Waals surface area contributed by atoms with Gasteiger partial charge in [0.2, 0.25) is 0 Å². The predicted octanol–water partition coefficient (Wildman–Crippen LogP) is 10.5. The van der Waals surface area contributed by atoms with Crippen molar-refractivity contribution in [3.05, 3.63) is 83.0 Å². The molecular formula is C34H58N3NiO2. The summed E-state index contributed by atoms with van der Waals surface area (Å²) in [4.78, 5) is 7.25. The van der Waals surface area contributed by atoms with Gasteiger partial charge in [0, 0.05) is 24.5 Å². The summed E-state index contributed by atoms with van der Waals surface area (Å²) < 4.78 is 5.95. The second-order valence-corrected chi connectivity index (χ2v) is 10.7. The molecule has 0 atom stereocenters. The van der Waals surface area contributed by atoms with Crippen molar-refractivity contribution < 1.29 is 21.2 Å². The van der Waals surface area contributed by atoms with Gasteiger partial charge in [-0.2, -0.15) is 12.8 Å². The van der Waals surface area contributed by atoms with Crippen LogP contribution in [0.2, 0.25) is 0 Å². The topological polar surface area (TPSA) is 72.7 Å². The van der Waals surface area contributed by atoms with E-state index >= 15 is 0 Å². The minimum Gasteiger partial charge on any atom is -0.577 e. The van der Waals surface area contributed by atoms with Crippen molar-refractivity contribution in [3.8, 4) is 0 Å². The first-order chi connectivity index (χ1) is 18.6. The van der Waals surface area contributed by atoms with E-state index in [1.807, 2.05) is 13.8 Å². The van der Waals surface area contributed by atoms with Crippen LogP contribution in [0.4, 0.5) is 11.4 Å². The average molecular weight is 600 g/mol. The second kappa shape index (κ2) is 26.0. The summed E-state index contributed by atoms with van der Waals surface area (Å²) >= 11 is 0. The van der Waals surface area contributed by atoms with Crippen molar-refractivity contribution in [2.45, 2.75) is 106 Å². The minimum atomic E-state index is 0. The molecular weight excluding hydrogens is 541 g/mol. The Labute approximate surface area is 257 Å². The number of para-hydroxylation sites is 2. The Morgan fingerprint density at radius 2 is 0.850 bits per heavy atom. The van der Waals surface area contributed by atoms with E-state index in [0.29, 0.717) is 36.9 Å². The summed E-state index contributed by atoms with van der Waals surface area (Å²) in [5, 5.41) is 7.31. The molecule has 1 radical (unpaired) electrons. The van der Waals surface area contributed by atoms with E-state index in [2.05, 4.69) is 116 Å². The first-order valence-electron chi connectivity index (χ1n) is 14.6. The zero-order valence-corrected chi connectivity index (χ0v) is 28.0. The van der Waals surface area contributed by atoms with Gasteiger partial charge in [-0.05, 0) is 45.9 Å². The van der Waals surface area contributed by atoms with Crippen LogP contribution in [0.1, 0.15) is 128 Å². The van der Waals surface area contributed by atoms with Crippen molar-refractivity contribution >= 4 is 11.4 Å². The van der Waals surface area contributed by atoms with Gasteiger partial charge in [0.05, 0.1) is 13.2 Å². The molecule has 0 saturated heterocycles. The molecule has 6 heteroatoms. The van der Waals surface area contributed by atoms with Crippen LogP contribution in [0.15, 0.2) is 36.4 Å². The van der Waals surface area contributed by atoms with E-state index in [9.17, 15) is 0 Å². The Morgan fingerprint density at radius 3 is 1.05 bits per heavy atom. The van der Waals surface area contributed by atoms with Gasteiger partial charge in [-0.1, -0.05) is 106 Å². The molecule has 231 valence electrons. The fraction of sp³-hybridized carbons (Fsp3) is 0.588. The first kappa shape index (κ1) is 42.6. The van der Waals surface area contributed by atoms with Gasteiger partial charge < -0.3 is 39.7 Å². The Balaban J connectivity index is -0.00000137. The SMILES string of the molecule is CC(C)c1cccc(C(C)C)c1NCCOCCNc1c(C(C)C)cccc1C(C)C.[CH2-]CC.[CH2-]CC.[N-]=O.[Ni+3]. The molecule has 40 heavy (non-hydrogen) atoms. The van der Waals surface area contributed by atoms with Crippen LogP contribution in [0.5, 0.6) is 0 Å². The van der Waals surface area contributed by atoms with Gasteiger partial charge in [-0.3, -0.25) is 0 Å². The van der Waals surface area contributed by atoms with E-state index in [1.54, 1.807) is 0 Å². The monoisotopic (exact) mass is 598 g/mol. The summed E-state index contributed by atoms with van der Waals surface area (Å²) in [5.41, 5.74) is 13.9. The summed E-state index contributed by atoms with van der Waals surface area (Å²) in [6.45, 7) is 32.1. The Kier molecular flexibility index (Phi) is 27.7. The van der Waals surface area contributed by atoms with Crippen molar-refractivity contribution in [2.24, 2.45) is 0 Å².